The maximum absolute atomic E-state index is 12.4. The van der Waals surface area contributed by atoms with Crippen molar-refractivity contribution < 1.29 is 19.4 Å². The molecule has 0 radical (unpaired) electrons. The number of nitrogens with zero attached hydrogens (tertiary/aromatic N) is 1. The van der Waals surface area contributed by atoms with Crippen LogP contribution in [0.5, 0.6) is 0 Å². The van der Waals surface area contributed by atoms with Crippen LogP contribution in [0.3, 0.4) is 0 Å². The number of carboxylic acid groups (broad SMARTS) is 1. The lowest BCUT2D eigenvalue weighted by molar-refractivity contribution is -0.146. The Kier molecular flexibility index (Phi) is 4.58. The molecule has 18 heavy (non-hydrogen) atoms. The molecule has 0 aromatic carbocycles. The van der Waals surface area contributed by atoms with Crippen LogP contribution in [0.2, 0.25) is 0 Å². The molecule has 2 aliphatic rings. The molecule has 0 aromatic heterocycles. The summed E-state index contributed by atoms with van der Waals surface area (Å²) in [6.45, 7) is 1.94. The minimum atomic E-state index is -0.820. The lowest BCUT2D eigenvalue weighted by atomic mass is 9.94. The molecule has 0 aromatic rings. The van der Waals surface area contributed by atoms with E-state index in [0.717, 1.165) is 38.7 Å². The van der Waals surface area contributed by atoms with Gasteiger partial charge in [0.05, 0.1) is 18.9 Å². The van der Waals surface area contributed by atoms with E-state index >= 15 is 0 Å². The molecule has 1 amide bonds. The van der Waals surface area contributed by atoms with E-state index in [0.29, 0.717) is 13.2 Å². The van der Waals surface area contributed by atoms with Gasteiger partial charge in [-0.15, -0.1) is 0 Å². The van der Waals surface area contributed by atoms with E-state index in [9.17, 15) is 9.59 Å². The Hall–Kier alpha value is -1.10. The molecule has 0 spiro atoms. The van der Waals surface area contributed by atoms with Crippen molar-refractivity contribution in [3.05, 3.63) is 0 Å². The lowest BCUT2D eigenvalue weighted by Gasteiger charge is -2.38. The average Bonchev–Trinajstić information content (AvgIpc) is 2.39. The molecule has 2 saturated heterocycles. The lowest BCUT2D eigenvalue weighted by Crippen LogP contribution is -2.48. The van der Waals surface area contributed by atoms with Crippen molar-refractivity contribution >= 4 is 11.9 Å². The van der Waals surface area contributed by atoms with Crippen molar-refractivity contribution in [1.82, 2.24) is 4.90 Å². The molecule has 0 aliphatic carbocycles. The van der Waals surface area contributed by atoms with Gasteiger partial charge in [-0.25, -0.2) is 0 Å². The van der Waals surface area contributed by atoms with E-state index in [1.165, 1.54) is 0 Å². The van der Waals surface area contributed by atoms with Crippen molar-refractivity contribution in [1.29, 1.82) is 0 Å². The fraction of sp³-hybridized carbons (Fsp3) is 0.846. The van der Waals surface area contributed by atoms with E-state index in [4.69, 9.17) is 9.84 Å². The minimum absolute atomic E-state index is 0.0619. The summed E-state index contributed by atoms with van der Waals surface area (Å²) in [6.07, 6.45) is 4.67. The number of rotatable bonds is 3. The van der Waals surface area contributed by atoms with Gasteiger partial charge in [0.15, 0.2) is 0 Å². The summed E-state index contributed by atoms with van der Waals surface area (Å²) in [7, 11) is 0. The maximum Gasteiger partial charge on any atom is 0.305 e. The topological polar surface area (TPSA) is 66.8 Å². The molecule has 2 fully saturated rings. The standard InChI is InChI=1S/C13H21NO4/c15-12(16)8-11-5-1-2-6-14(11)13(17)10-4-3-7-18-9-10/h10-11H,1-9H2,(H,15,16). The third-order valence-corrected chi connectivity index (χ3v) is 3.83. The van der Waals surface area contributed by atoms with Gasteiger partial charge in [-0.05, 0) is 32.1 Å². The first-order valence-corrected chi connectivity index (χ1v) is 6.78. The van der Waals surface area contributed by atoms with Crippen LogP contribution in [0.25, 0.3) is 0 Å². The third kappa shape index (κ3) is 3.22. The Labute approximate surface area is 107 Å². The largest absolute Gasteiger partial charge is 0.481 e. The molecule has 2 rings (SSSR count). The second-order valence-electron chi connectivity index (χ2n) is 5.19. The van der Waals surface area contributed by atoms with Gasteiger partial charge in [-0.2, -0.15) is 0 Å². The van der Waals surface area contributed by atoms with Crippen LogP contribution in [-0.4, -0.2) is 47.7 Å². The number of amides is 1. The Balaban J connectivity index is 1.98. The van der Waals surface area contributed by atoms with Crippen molar-refractivity contribution in [2.24, 2.45) is 5.92 Å². The fourth-order valence-electron chi connectivity index (χ4n) is 2.87. The van der Waals surface area contributed by atoms with E-state index in [-0.39, 0.29) is 24.3 Å². The highest BCUT2D eigenvalue weighted by Gasteiger charge is 2.33. The van der Waals surface area contributed by atoms with Crippen molar-refractivity contribution in [2.45, 2.75) is 44.6 Å². The molecule has 0 bridgehead atoms. The summed E-state index contributed by atoms with van der Waals surface area (Å²) in [5.41, 5.74) is 0. The van der Waals surface area contributed by atoms with E-state index < -0.39 is 5.97 Å². The fourth-order valence-corrected chi connectivity index (χ4v) is 2.87. The van der Waals surface area contributed by atoms with Crippen LogP contribution < -0.4 is 0 Å². The molecule has 2 aliphatic heterocycles. The minimum Gasteiger partial charge on any atom is -0.481 e. The summed E-state index contributed by atoms with van der Waals surface area (Å²) in [6, 6.07) is -0.120. The molecular formula is C13H21NO4. The normalized spacial score (nSPS) is 29.0. The molecule has 102 valence electrons. The number of hydrogen-bond donors (Lipinski definition) is 1. The Morgan fingerprint density at radius 1 is 1.22 bits per heavy atom. The molecule has 2 atom stereocenters. The molecule has 2 unspecified atom stereocenters. The van der Waals surface area contributed by atoms with E-state index in [1.54, 1.807) is 4.90 Å². The summed E-state index contributed by atoms with van der Waals surface area (Å²) in [5, 5.41) is 8.91. The zero-order valence-corrected chi connectivity index (χ0v) is 10.6. The molecule has 1 N–H and O–H groups in total. The molecule has 0 saturated carbocycles. The Morgan fingerprint density at radius 2 is 2.06 bits per heavy atom. The van der Waals surface area contributed by atoms with E-state index in [1.807, 2.05) is 0 Å². The maximum atomic E-state index is 12.4. The van der Waals surface area contributed by atoms with Crippen molar-refractivity contribution in [3.8, 4) is 0 Å². The molecule has 2 heterocycles. The van der Waals surface area contributed by atoms with Gasteiger partial charge in [-0.1, -0.05) is 0 Å². The summed E-state index contributed by atoms with van der Waals surface area (Å²) >= 11 is 0. The first kappa shape index (κ1) is 13.3. The average molecular weight is 255 g/mol. The number of ether oxygens (including phenoxy) is 1. The number of hydrogen-bond acceptors (Lipinski definition) is 3. The zero-order chi connectivity index (χ0) is 13.0. The SMILES string of the molecule is O=C(O)CC1CCCCN1C(=O)C1CCCOC1. The van der Waals surface area contributed by atoms with Crippen LogP contribution in [0, 0.1) is 5.92 Å². The van der Waals surface area contributed by atoms with Gasteiger partial charge >= 0.3 is 5.97 Å². The van der Waals surface area contributed by atoms with Crippen molar-refractivity contribution in [3.63, 3.8) is 0 Å². The second kappa shape index (κ2) is 6.18. The summed E-state index contributed by atoms with van der Waals surface area (Å²) < 4.78 is 5.35. The highest BCUT2D eigenvalue weighted by atomic mass is 16.5. The van der Waals surface area contributed by atoms with E-state index in [2.05, 4.69) is 0 Å². The predicted molar refractivity (Wildman–Crippen MR) is 65.1 cm³/mol. The first-order chi connectivity index (χ1) is 8.68. The Morgan fingerprint density at radius 3 is 2.72 bits per heavy atom. The number of carboxylic acids is 1. The highest BCUT2D eigenvalue weighted by Crippen LogP contribution is 2.24. The first-order valence-electron chi connectivity index (χ1n) is 6.78. The van der Waals surface area contributed by atoms with Gasteiger partial charge in [0, 0.05) is 19.2 Å². The third-order valence-electron chi connectivity index (χ3n) is 3.83. The van der Waals surface area contributed by atoms with Crippen molar-refractivity contribution in [2.75, 3.05) is 19.8 Å². The number of carbonyl (C=O) groups is 2. The summed E-state index contributed by atoms with van der Waals surface area (Å²) in [4.78, 5) is 25.0. The van der Waals surface area contributed by atoms with Gasteiger partial charge in [0.25, 0.3) is 0 Å². The van der Waals surface area contributed by atoms with Crippen LogP contribution in [0.4, 0.5) is 0 Å². The van der Waals surface area contributed by atoms with Crippen LogP contribution >= 0.6 is 0 Å². The molecular weight excluding hydrogens is 234 g/mol. The molecule has 5 heteroatoms. The highest BCUT2D eigenvalue weighted by molar-refractivity contribution is 5.80. The smallest absolute Gasteiger partial charge is 0.305 e. The molecule has 5 nitrogen and oxygen atoms in total. The zero-order valence-electron chi connectivity index (χ0n) is 10.6. The quantitative estimate of drug-likeness (QED) is 0.824. The predicted octanol–water partition coefficient (Wildman–Crippen LogP) is 1.27. The Bertz CT molecular complexity index is 312. The number of piperidine rings is 1. The van der Waals surface area contributed by atoms with Crippen LogP contribution in [0.1, 0.15) is 38.5 Å². The van der Waals surface area contributed by atoms with Crippen LogP contribution in [0.15, 0.2) is 0 Å². The monoisotopic (exact) mass is 255 g/mol. The van der Waals surface area contributed by atoms with Gasteiger partial charge in [0.1, 0.15) is 0 Å². The van der Waals surface area contributed by atoms with Gasteiger partial charge in [-0.3, -0.25) is 9.59 Å². The second-order valence-corrected chi connectivity index (χ2v) is 5.19. The van der Waals surface area contributed by atoms with Gasteiger partial charge < -0.3 is 14.7 Å². The van der Waals surface area contributed by atoms with Crippen LogP contribution in [-0.2, 0) is 14.3 Å². The number of carbonyl (C=O) groups excluding carboxylic acids is 1. The van der Waals surface area contributed by atoms with Gasteiger partial charge in [0.2, 0.25) is 5.91 Å². The number of likely N-dealkylation sites (tertiary alicyclic amines) is 1. The summed E-state index contributed by atoms with van der Waals surface area (Å²) in [5.74, 6) is -0.784. The number of aliphatic carboxylic acids is 1.